The molecule has 1 aromatic heterocycles. The summed E-state index contributed by atoms with van der Waals surface area (Å²) in [6.45, 7) is 6.40. The van der Waals surface area contributed by atoms with Crippen LogP contribution in [0.25, 0.3) is 0 Å². The number of benzene rings is 2. The molecule has 3 N–H and O–H groups in total. The predicted molar refractivity (Wildman–Crippen MR) is 134 cm³/mol. The summed E-state index contributed by atoms with van der Waals surface area (Å²) in [5.41, 5.74) is 4.91. The van der Waals surface area contributed by atoms with Crippen molar-refractivity contribution >= 4 is 34.9 Å². The van der Waals surface area contributed by atoms with Gasteiger partial charge in [-0.2, -0.15) is 0 Å². The minimum absolute atomic E-state index is 0.427. The molecule has 0 fully saturated rings. The molecule has 2 aromatic carbocycles. The van der Waals surface area contributed by atoms with Crippen molar-refractivity contribution in [2.24, 2.45) is 4.99 Å². The smallest absolute Gasteiger partial charge is 0.229 e. The standard InChI is InChI=1S/C24H28N6OS/c1-5-19-8-6-7-9-21(19)28-24(32)30-22(29-23-26-16(2)14-17(3)27-23)25-15-18-10-12-20(31-4)13-11-18/h6-14H,5,15H2,1-4H3,(H3,25,26,27,28,29,30,32). The Balaban J connectivity index is 1.79. The topological polar surface area (TPSA) is 83.5 Å². The molecule has 0 aliphatic carbocycles. The average molecular weight is 449 g/mol. The second-order valence-electron chi connectivity index (χ2n) is 7.20. The Hall–Kier alpha value is -3.52. The first-order chi connectivity index (χ1) is 15.5. The summed E-state index contributed by atoms with van der Waals surface area (Å²) in [6, 6.07) is 17.8. The van der Waals surface area contributed by atoms with Gasteiger partial charge in [0.25, 0.3) is 0 Å². The van der Waals surface area contributed by atoms with Crippen LogP contribution in [0.2, 0.25) is 0 Å². The van der Waals surface area contributed by atoms with E-state index in [0.29, 0.717) is 23.6 Å². The summed E-state index contributed by atoms with van der Waals surface area (Å²) in [4.78, 5) is 13.6. The van der Waals surface area contributed by atoms with Gasteiger partial charge >= 0.3 is 0 Å². The molecule has 0 aliphatic heterocycles. The third-order valence-electron chi connectivity index (χ3n) is 4.67. The summed E-state index contributed by atoms with van der Waals surface area (Å²) in [7, 11) is 1.65. The minimum atomic E-state index is 0.427. The molecule has 3 aromatic rings. The number of para-hydroxylation sites is 1. The van der Waals surface area contributed by atoms with Crippen molar-refractivity contribution in [2.45, 2.75) is 33.7 Å². The maximum Gasteiger partial charge on any atom is 0.229 e. The number of rotatable bonds is 6. The Labute approximate surface area is 194 Å². The highest BCUT2D eigenvalue weighted by Crippen LogP contribution is 2.15. The number of methoxy groups -OCH3 is 1. The van der Waals surface area contributed by atoms with Crippen LogP contribution in [0.3, 0.4) is 0 Å². The Morgan fingerprint density at radius 1 is 1.00 bits per heavy atom. The van der Waals surface area contributed by atoms with E-state index in [2.05, 4.69) is 43.9 Å². The van der Waals surface area contributed by atoms with Crippen LogP contribution in [-0.2, 0) is 13.0 Å². The number of aryl methyl sites for hydroxylation is 3. The molecule has 8 heteroatoms. The molecule has 7 nitrogen and oxygen atoms in total. The van der Waals surface area contributed by atoms with Crippen LogP contribution in [0.1, 0.15) is 29.4 Å². The number of hydrogen-bond acceptors (Lipinski definition) is 5. The van der Waals surface area contributed by atoms with Crippen molar-refractivity contribution in [1.82, 2.24) is 15.3 Å². The number of hydrogen-bond donors (Lipinski definition) is 3. The van der Waals surface area contributed by atoms with Gasteiger partial charge in [-0.3, -0.25) is 5.32 Å². The summed E-state index contributed by atoms with van der Waals surface area (Å²) < 4.78 is 5.22. The molecular formula is C24H28N6OS. The van der Waals surface area contributed by atoms with E-state index in [4.69, 9.17) is 17.0 Å². The van der Waals surface area contributed by atoms with E-state index in [1.54, 1.807) is 7.11 Å². The predicted octanol–water partition coefficient (Wildman–Crippen LogP) is 4.62. The number of aliphatic imine (C=N–C) groups is 1. The third-order valence-corrected chi connectivity index (χ3v) is 4.87. The van der Waals surface area contributed by atoms with E-state index in [0.717, 1.165) is 34.8 Å². The van der Waals surface area contributed by atoms with Gasteiger partial charge in [0.2, 0.25) is 11.9 Å². The molecule has 32 heavy (non-hydrogen) atoms. The molecule has 1 heterocycles. The molecule has 0 atom stereocenters. The normalized spacial score (nSPS) is 11.1. The van der Waals surface area contributed by atoms with Crippen LogP contribution in [0, 0.1) is 13.8 Å². The first kappa shape index (κ1) is 23.1. The second kappa shape index (κ2) is 11.2. The van der Waals surface area contributed by atoms with Crippen molar-refractivity contribution in [2.75, 3.05) is 17.7 Å². The molecule has 3 rings (SSSR count). The van der Waals surface area contributed by atoms with E-state index < -0.39 is 0 Å². The fourth-order valence-corrected chi connectivity index (χ4v) is 3.32. The summed E-state index contributed by atoms with van der Waals surface area (Å²) in [5.74, 6) is 1.72. The lowest BCUT2D eigenvalue weighted by atomic mass is 10.1. The van der Waals surface area contributed by atoms with Crippen molar-refractivity contribution < 1.29 is 4.74 Å². The Morgan fingerprint density at radius 2 is 1.69 bits per heavy atom. The number of guanidine groups is 1. The van der Waals surface area contributed by atoms with Crippen LogP contribution >= 0.6 is 12.2 Å². The zero-order valence-corrected chi connectivity index (χ0v) is 19.6. The first-order valence-electron chi connectivity index (χ1n) is 10.4. The van der Waals surface area contributed by atoms with Crippen molar-refractivity contribution in [3.8, 4) is 5.75 Å². The average Bonchev–Trinajstić information content (AvgIpc) is 2.77. The zero-order valence-electron chi connectivity index (χ0n) is 18.8. The molecule has 166 valence electrons. The van der Waals surface area contributed by atoms with Crippen molar-refractivity contribution in [3.63, 3.8) is 0 Å². The van der Waals surface area contributed by atoms with Crippen LogP contribution in [0.5, 0.6) is 5.75 Å². The second-order valence-corrected chi connectivity index (χ2v) is 7.61. The minimum Gasteiger partial charge on any atom is -0.497 e. The maximum atomic E-state index is 5.55. The van der Waals surface area contributed by atoms with E-state index in [1.807, 2.05) is 62.4 Å². The highest BCUT2D eigenvalue weighted by atomic mass is 32.1. The van der Waals surface area contributed by atoms with E-state index >= 15 is 0 Å². The van der Waals surface area contributed by atoms with Gasteiger partial charge < -0.3 is 15.4 Å². The Kier molecular flexibility index (Phi) is 8.10. The molecule has 0 spiro atoms. The van der Waals surface area contributed by atoms with E-state index in [1.165, 1.54) is 5.56 Å². The largest absolute Gasteiger partial charge is 0.497 e. The number of anilines is 2. The lowest BCUT2D eigenvalue weighted by Crippen LogP contribution is -2.39. The summed E-state index contributed by atoms with van der Waals surface area (Å²) >= 11 is 5.55. The molecule has 0 saturated heterocycles. The maximum absolute atomic E-state index is 5.55. The lowest BCUT2D eigenvalue weighted by Gasteiger charge is -2.16. The van der Waals surface area contributed by atoms with Gasteiger partial charge in [-0.05, 0) is 67.9 Å². The monoisotopic (exact) mass is 448 g/mol. The van der Waals surface area contributed by atoms with E-state index in [-0.39, 0.29) is 0 Å². The van der Waals surface area contributed by atoms with Gasteiger partial charge in [-0.1, -0.05) is 37.3 Å². The van der Waals surface area contributed by atoms with Gasteiger partial charge in [0.1, 0.15) is 5.75 Å². The van der Waals surface area contributed by atoms with Crippen molar-refractivity contribution in [3.05, 3.63) is 77.1 Å². The van der Waals surface area contributed by atoms with E-state index in [9.17, 15) is 0 Å². The van der Waals surface area contributed by atoms with Gasteiger partial charge in [-0.15, -0.1) is 0 Å². The molecular weight excluding hydrogens is 420 g/mol. The fraction of sp³-hybridized carbons (Fsp3) is 0.250. The highest BCUT2D eigenvalue weighted by molar-refractivity contribution is 7.80. The van der Waals surface area contributed by atoms with Crippen molar-refractivity contribution in [1.29, 1.82) is 0 Å². The van der Waals surface area contributed by atoms with Crippen LogP contribution < -0.4 is 20.7 Å². The highest BCUT2D eigenvalue weighted by Gasteiger charge is 2.09. The summed E-state index contributed by atoms with van der Waals surface area (Å²) in [5, 5.41) is 10.00. The van der Waals surface area contributed by atoms with Crippen LogP contribution in [-0.4, -0.2) is 28.1 Å². The number of ether oxygens (including phenoxy) is 1. The van der Waals surface area contributed by atoms with Gasteiger partial charge in [0.15, 0.2) is 5.11 Å². The molecule has 0 bridgehead atoms. The van der Waals surface area contributed by atoms with Crippen LogP contribution in [0.15, 0.2) is 59.6 Å². The number of aromatic nitrogens is 2. The van der Waals surface area contributed by atoms with Gasteiger partial charge in [0, 0.05) is 17.1 Å². The number of nitrogens with zero attached hydrogens (tertiary/aromatic N) is 3. The molecule has 0 amide bonds. The number of thiocarbonyl (C=S) groups is 1. The Bertz CT molecular complexity index is 1080. The summed E-state index contributed by atoms with van der Waals surface area (Å²) in [6.07, 6.45) is 0.902. The first-order valence-corrected chi connectivity index (χ1v) is 10.8. The zero-order chi connectivity index (χ0) is 22.9. The quantitative estimate of drug-likeness (QED) is 0.288. The lowest BCUT2D eigenvalue weighted by molar-refractivity contribution is 0.414. The third kappa shape index (κ3) is 6.75. The van der Waals surface area contributed by atoms with Gasteiger partial charge in [0.05, 0.1) is 13.7 Å². The SMILES string of the molecule is CCc1ccccc1NC(=S)NC(=NCc1ccc(OC)cc1)Nc1nc(C)cc(C)n1. The van der Waals surface area contributed by atoms with Gasteiger partial charge in [-0.25, -0.2) is 15.0 Å². The number of nitrogens with one attached hydrogen (secondary N) is 3. The fourth-order valence-electron chi connectivity index (χ4n) is 3.11. The van der Waals surface area contributed by atoms with Crippen LogP contribution in [0.4, 0.5) is 11.6 Å². The molecule has 0 unspecified atom stereocenters. The Morgan fingerprint density at radius 3 is 2.34 bits per heavy atom. The molecule has 0 radical (unpaired) electrons. The molecule has 0 aliphatic rings. The molecule has 0 saturated carbocycles.